The first kappa shape index (κ1) is 13.9. The lowest BCUT2D eigenvalue weighted by molar-refractivity contribution is 1.13. The van der Waals surface area contributed by atoms with Gasteiger partial charge in [-0.05, 0) is 36.3 Å². The number of hydrogen-bond donors (Lipinski definition) is 0. The fraction of sp³-hybridized carbons (Fsp3) is 0.167. The first-order valence-corrected chi connectivity index (χ1v) is 6.56. The van der Waals surface area contributed by atoms with Crippen molar-refractivity contribution in [2.45, 2.75) is 6.92 Å². The maximum atomic E-state index is 9.35. The predicted octanol–water partition coefficient (Wildman–Crippen LogP) is 4.13. The molecule has 20 heavy (non-hydrogen) atoms. The van der Waals surface area contributed by atoms with Gasteiger partial charge >= 0.3 is 0 Å². The van der Waals surface area contributed by atoms with Gasteiger partial charge in [-0.2, -0.15) is 5.26 Å². The molecular weight excluding hydrogens is 244 g/mol. The van der Waals surface area contributed by atoms with E-state index < -0.39 is 0 Å². The van der Waals surface area contributed by atoms with Gasteiger partial charge < -0.3 is 4.90 Å². The molecule has 0 saturated heterocycles. The van der Waals surface area contributed by atoms with E-state index in [0.717, 1.165) is 22.4 Å². The van der Waals surface area contributed by atoms with Gasteiger partial charge in [0.05, 0.1) is 11.6 Å². The summed E-state index contributed by atoms with van der Waals surface area (Å²) in [6.45, 7) is 2.03. The molecule has 0 amide bonds. The van der Waals surface area contributed by atoms with E-state index in [1.807, 2.05) is 63.5 Å². The van der Waals surface area contributed by atoms with Crippen molar-refractivity contribution in [2.75, 3.05) is 19.0 Å². The molecule has 100 valence electrons. The van der Waals surface area contributed by atoms with Crippen LogP contribution in [0.3, 0.4) is 0 Å². The van der Waals surface area contributed by atoms with E-state index >= 15 is 0 Å². The Kier molecular flexibility index (Phi) is 4.22. The number of allylic oxidation sites excluding steroid dienone is 1. The molecule has 0 N–H and O–H groups in total. The van der Waals surface area contributed by atoms with Crippen LogP contribution in [-0.2, 0) is 0 Å². The van der Waals surface area contributed by atoms with Crippen molar-refractivity contribution in [3.05, 3.63) is 65.2 Å². The molecule has 0 radical (unpaired) electrons. The summed E-state index contributed by atoms with van der Waals surface area (Å²) in [5.74, 6) is 0. The largest absolute Gasteiger partial charge is 0.378 e. The molecule has 0 aliphatic rings. The van der Waals surface area contributed by atoms with Crippen LogP contribution >= 0.6 is 0 Å². The van der Waals surface area contributed by atoms with Crippen LogP contribution in [0.1, 0.15) is 16.7 Å². The second-order valence-corrected chi connectivity index (χ2v) is 5.03. The number of anilines is 1. The Morgan fingerprint density at radius 1 is 1.10 bits per heavy atom. The molecule has 0 aliphatic heterocycles. The van der Waals surface area contributed by atoms with Gasteiger partial charge in [0.2, 0.25) is 0 Å². The summed E-state index contributed by atoms with van der Waals surface area (Å²) in [6.07, 6.45) is 1.92. The normalized spacial score (nSPS) is 11.0. The molecule has 2 aromatic rings. The monoisotopic (exact) mass is 262 g/mol. The molecule has 0 saturated carbocycles. The van der Waals surface area contributed by atoms with Crippen LogP contribution in [-0.4, -0.2) is 14.1 Å². The van der Waals surface area contributed by atoms with E-state index in [2.05, 4.69) is 23.1 Å². The van der Waals surface area contributed by atoms with Crippen LogP contribution in [0.2, 0.25) is 0 Å². The number of hydrogen-bond acceptors (Lipinski definition) is 2. The second-order valence-electron chi connectivity index (χ2n) is 5.03. The zero-order valence-electron chi connectivity index (χ0n) is 12.1. The highest BCUT2D eigenvalue weighted by Gasteiger charge is 2.01. The van der Waals surface area contributed by atoms with Gasteiger partial charge in [0.25, 0.3) is 0 Å². The lowest BCUT2D eigenvalue weighted by Crippen LogP contribution is -2.07. The van der Waals surface area contributed by atoms with Crippen LogP contribution in [0, 0.1) is 18.3 Å². The van der Waals surface area contributed by atoms with Crippen molar-refractivity contribution < 1.29 is 0 Å². The summed E-state index contributed by atoms with van der Waals surface area (Å²) in [5.41, 5.74) is 4.99. The fourth-order valence-electron chi connectivity index (χ4n) is 2.03. The number of nitriles is 1. The average Bonchev–Trinajstić information content (AvgIpc) is 2.45. The van der Waals surface area contributed by atoms with Crippen LogP contribution in [0.5, 0.6) is 0 Å². The molecule has 0 spiro atoms. The number of aryl methyl sites for hydroxylation is 1. The van der Waals surface area contributed by atoms with Gasteiger partial charge in [-0.3, -0.25) is 0 Å². The Labute approximate surface area is 120 Å². The maximum Gasteiger partial charge on any atom is 0.0998 e. The molecule has 2 heteroatoms. The molecule has 0 fully saturated rings. The summed E-state index contributed by atoms with van der Waals surface area (Å²) in [6, 6.07) is 18.5. The topological polar surface area (TPSA) is 27.0 Å². The van der Waals surface area contributed by atoms with Gasteiger partial charge in [0.1, 0.15) is 0 Å². The van der Waals surface area contributed by atoms with Crippen molar-refractivity contribution in [2.24, 2.45) is 0 Å². The van der Waals surface area contributed by atoms with Crippen LogP contribution < -0.4 is 4.90 Å². The Hall–Kier alpha value is -2.53. The van der Waals surface area contributed by atoms with Crippen LogP contribution in [0.15, 0.2) is 48.5 Å². The zero-order chi connectivity index (χ0) is 14.5. The molecule has 0 atom stereocenters. The molecule has 0 bridgehead atoms. The third-order valence-electron chi connectivity index (χ3n) is 3.17. The van der Waals surface area contributed by atoms with Gasteiger partial charge in [-0.1, -0.05) is 42.0 Å². The smallest absolute Gasteiger partial charge is 0.0998 e. The minimum absolute atomic E-state index is 0.686. The van der Waals surface area contributed by atoms with E-state index in [4.69, 9.17) is 0 Å². The van der Waals surface area contributed by atoms with Gasteiger partial charge in [-0.15, -0.1) is 0 Å². The van der Waals surface area contributed by atoms with Crippen LogP contribution in [0.25, 0.3) is 11.6 Å². The van der Waals surface area contributed by atoms with Crippen LogP contribution in [0.4, 0.5) is 5.69 Å². The molecule has 0 aromatic heterocycles. The number of benzene rings is 2. The molecule has 2 nitrogen and oxygen atoms in total. The van der Waals surface area contributed by atoms with E-state index in [-0.39, 0.29) is 0 Å². The summed E-state index contributed by atoms with van der Waals surface area (Å²) >= 11 is 0. The molecule has 2 aromatic carbocycles. The highest BCUT2D eigenvalue weighted by atomic mass is 15.1. The standard InChI is InChI=1S/C18H18N2/c1-14-5-4-6-16(11-14)17(13-19)12-15-7-9-18(10-8-15)20(2)3/h4-12H,1-3H3. The average molecular weight is 262 g/mol. The molecule has 0 aliphatic carbocycles. The van der Waals surface area contributed by atoms with Crippen molar-refractivity contribution in [1.29, 1.82) is 5.26 Å². The van der Waals surface area contributed by atoms with E-state index in [9.17, 15) is 5.26 Å². The number of rotatable bonds is 3. The summed E-state index contributed by atoms with van der Waals surface area (Å²) < 4.78 is 0. The minimum Gasteiger partial charge on any atom is -0.378 e. The van der Waals surface area contributed by atoms with Crippen molar-refractivity contribution in [3.8, 4) is 6.07 Å². The van der Waals surface area contributed by atoms with E-state index in [0.29, 0.717) is 5.57 Å². The third kappa shape index (κ3) is 3.27. The van der Waals surface area contributed by atoms with Gasteiger partial charge in [0.15, 0.2) is 0 Å². The Morgan fingerprint density at radius 2 is 1.80 bits per heavy atom. The van der Waals surface area contributed by atoms with Gasteiger partial charge in [0, 0.05) is 19.8 Å². The SMILES string of the molecule is Cc1cccc(C(C#N)=Cc2ccc(N(C)C)cc2)c1. The first-order valence-electron chi connectivity index (χ1n) is 6.56. The highest BCUT2D eigenvalue weighted by molar-refractivity contribution is 5.89. The van der Waals surface area contributed by atoms with E-state index in [1.165, 1.54) is 0 Å². The predicted molar refractivity (Wildman–Crippen MR) is 85.4 cm³/mol. The Balaban J connectivity index is 2.34. The van der Waals surface area contributed by atoms with Gasteiger partial charge in [-0.25, -0.2) is 0 Å². The summed E-state index contributed by atoms with van der Waals surface area (Å²) in [4.78, 5) is 2.05. The highest BCUT2D eigenvalue weighted by Crippen LogP contribution is 2.20. The molecule has 2 rings (SSSR count). The lowest BCUT2D eigenvalue weighted by atomic mass is 10.0. The van der Waals surface area contributed by atoms with E-state index in [1.54, 1.807) is 0 Å². The van der Waals surface area contributed by atoms with Crippen molar-refractivity contribution in [3.63, 3.8) is 0 Å². The summed E-state index contributed by atoms with van der Waals surface area (Å²) in [5, 5.41) is 9.35. The molecule has 0 heterocycles. The Bertz CT molecular complexity index is 659. The molecular formula is C18H18N2. The third-order valence-corrected chi connectivity index (χ3v) is 3.17. The quantitative estimate of drug-likeness (QED) is 0.614. The van der Waals surface area contributed by atoms with Crippen molar-refractivity contribution >= 4 is 17.3 Å². The first-order chi connectivity index (χ1) is 9.60. The zero-order valence-corrected chi connectivity index (χ0v) is 12.1. The lowest BCUT2D eigenvalue weighted by Gasteiger charge is -2.12. The Morgan fingerprint density at radius 3 is 2.35 bits per heavy atom. The minimum atomic E-state index is 0.686. The van der Waals surface area contributed by atoms with Crippen molar-refractivity contribution in [1.82, 2.24) is 0 Å². The fourth-order valence-corrected chi connectivity index (χ4v) is 2.03. The maximum absolute atomic E-state index is 9.35. The molecule has 0 unspecified atom stereocenters. The summed E-state index contributed by atoms with van der Waals surface area (Å²) in [7, 11) is 4.02. The number of nitrogens with zero attached hydrogens (tertiary/aromatic N) is 2. The second kappa shape index (κ2) is 6.08.